The number of anilines is 2. The molecule has 1 atom stereocenters. The van der Waals surface area contributed by atoms with Gasteiger partial charge in [0.15, 0.2) is 17.2 Å². The first-order chi connectivity index (χ1) is 16.2. The number of nitrogens with two attached hydrogens (primary N) is 1. The number of aromatic nitrogens is 5. The van der Waals surface area contributed by atoms with E-state index in [1.165, 1.54) is 29.2 Å². The van der Waals surface area contributed by atoms with E-state index < -0.39 is 11.9 Å². The van der Waals surface area contributed by atoms with E-state index in [-0.39, 0.29) is 23.2 Å². The number of nitrogens with zero attached hydrogens (tertiary/aromatic N) is 4. The summed E-state index contributed by atoms with van der Waals surface area (Å²) in [6.45, 7) is 4.09. The lowest BCUT2D eigenvalue weighted by Gasteiger charge is -2.15. The first-order valence-electron chi connectivity index (χ1n) is 10.6. The molecule has 12 heteroatoms. The lowest BCUT2D eigenvalue weighted by molar-refractivity contribution is -0.140. The van der Waals surface area contributed by atoms with Crippen LogP contribution in [0, 0.1) is 0 Å². The third-order valence-corrected chi connectivity index (χ3v) is 5.34. The van der Waals surface area contributed by atoms with Crippen LogP contribution in [0.3, 0.4) is 0 Å². The number of carbonyl (C=O) groups excluding carboxylic acids is 1. The van der Waals surface area contributed by atoms with E-state index >= 15 is 0 Å². The molecule has 3 heterocycles. The highest BCUT2D eigenvalue weighted by molar-refractivity contribution is 5.96. The largest absolute Gasteiger partial charge is 0.435 e. The second-order valence-electron chi connectivity index (χ2n) is 7.72. The second kappa shape index (κ2) is 9.14. The number of amides is 1. The monoisotopic (exact) mass is 472 g/mol. The van der Waals surface area contributed by atoms with Crippen LogP contribution in [0.15, 0.2) is 43.0 Å². The highest BCUT2D eigenvalue weighted by Crippen LogP contribution is 2.36. The van der Waals surface area contributed by atoms with Crippen molar-refractivity contribution in [3.8, 4) is 11.3 Å². The number of fused-ring (bicyclic) bond motifs is 1. The van der Waals surface area contributed by atoms with E-state index in [2.05, 4.69) is 30.8 Å². The van der Waals surface area contributed by atoms with Gasteiger partial charge in [0.05, 0.1) is 17.5 Å². The van der Waals surface area contributed by atoms with Gasteiger partial charge in [-0.3, -0.25) is 14.3 Å². The predicted molar refractivity (Wildman–Crippen MR) is 121 cm³/mol. The van der Waals surface area contributed by atoms with Crippen molar-refractivity contribution in [2.75, 3.05) is 11.9 Å². The van der Waals surface area contributed by atoms with Crippen LogP contribution in [0.1, 0.15) is 35.5 Å². The van der Waals surface area contributed by atoms with Gasteiger partial charge in [0.25, 0.3) is 5.91 Å². The minimum absolute atomic E-state index is 0.118. The first-order valence-corrected chi connectivity index (χ1v) is 10.6. The van der Waals surface area contributed by atoms with E-state index in [4.69, 9.17) is 5.73 Å². The van der Waals surface area contributed by atoms with Gasteiger partial charge < -0.3 is 16.4 Å². The van der Waals surface area contributed by atoms with Gasteiger partial charge in [-0.25, -0.2) is 9.97 Å². The molecule has 3 aromatic heterocycles. The summed E-state index contributed by atoms with van der Waals surface area (Å²) in [6.07, 6.45) is 1.51. The maximum Gasteiger partial charge on any atom is 0.435 e. The Bertz CT molecular complexity index is 1330. The van der Waals surface area contributed by atoms with Crippen LogP contribution >= 0.6 is 0 Å². The zero-order valence-corrected chi connectivity index (χ0v) is 18.4. The van der Waals surface area contributed by atoms with Crippen LogP contribution < -0.4 is 16.4 Å². The molecule has 178 valence electrons. The number of halogens is 3. The van der Waals surface area contributed by atoms with Crippen molar-refractivity contribution in [2.45, 2.75) is 32.5 Å². The van der Waals surface area contributed by atoms with Crippen LogP contribution in [0.25, 0.3) is 16.9 Å². The standard InChI is InChI=1S/C22H23F3N8O/c1-3-13-8-14(4-5-15(13)21(34)30-12(2)9-26)31-19-20-28-11-17(33(20)7-6-27-19)16-10-29-32-18(16)22(23,24)25/h4-8,10-12H,3,9,26H2,1-2H3,(H,27,31)(H,29,32)(H,30,34)/t12-/m0/s1. The van der Waals surface area contributed by atoms with Crippen molar-refractivity contribution >= 4 is 23.1 Å². The van der Waals surface area contributed by atoms with Gasteiger partial charge in [-0.05, 0) is 37.1 Å². The summed E-state index contributed by atoms with van der Waals surface area (Å²) in [4.78, 5) is 21.1. The Morgan fingerprint density at radius 3 is 2.79 bits per heavy atom. The van der Waals surface area contributed by atoms with Crippen LogP contribution in [0.2, 0.25) is 0 Å². The maximum atomic E-state index is 13.3. The lowest BCUT2D eigenvalue weighted by atomic mass is 10.0. The molecule has 5 N–H and O–H groups in total. The van der Waals surface area contributed by atoms with Crippen molar-refractivity contribution < 1.29 is 18.0 Å². The molecule has 1 aromatic carbocycles. The summed E-state index contributed by atoms with van der Waals surface area (Å²) in [7, 11) is 0. The summed E-state index contributed by atoms with van der Waals surface area (Å²) >= 11 is 0. The van der Waals surface area contributed by atoms with E-state index in [0.717, 1.165) is 5.56 Å². The number of alkyl halides is 3. The fourth-order valence-electron chi connectivity index (χ4n) is 3.59. The topological polar surface area (TPSA) is 126 Å². The number of benzene rings is 1. The summed E-state index contributed by atoms with van der Waals surface area (Å²) in [5.74, 6) is 0.141. The average Bonchev–Trinajstić information content (AvgIpc) is 3.46. The molecule has 9 nitrogen and oxygen atoms in total. The molecule has 0 saturated heterocycles. The minimum atomic E-state index is -4.61. The van der Waals surface area contributed by atoms with Gasteiger partial charge in [-0.1, -0.05) is 6.92 Å². The van der Waals surface area contributed by atoms with Crippen molar-refractivity contribution in [3.63, 3.8) is 0 Å². The van der Waals surface area contributed by atoms with E-state index in [1.807, 2.05) is 19.9 Å². The second-order valence-corrected chi connectivity index (χ2v) is 7.72. The van der Waals surface area contributed by atoms with E-state index in [0.29, 0.717) is 35.7 Å². The molecule has 0 saturated carbocycles. The Morgan fingerprint density at radius 1 is 1.29 bits per heavy atom. The van der Waals surface area contributed by atoms with Crippen molar-refractivity contribution in [1.29, 1.82) is 0 Å². The predicted octanol–water partition coefficient (Wildman–Crippen LogP) is 3.52. The Labute approximate surface area is 192 Å². The number of H-pyrrole nitrogens is 1. The number of aromatic amines is 1. The molecule has 4 aromatic rings. The minimum Gasteiger partial charge on any atom is -0.348 e. The number of nitrogens with one attached hydrogen (secondary N) is 3. The third-order valence-electron chi connectivity index (χ3n) is 5.34. The van der Waals surface area contributed by atoms with E-state index in [1.54, 1.807) is 12.1 Å². The van der Waals surface area contributed by atoms with Crippen LogP contribution in [0.5, 0.6) is 0 Å². The highest BCUT2D eigenvalue weighted by atomic mass is 19.4. The van der Waals surface area contributed by atoms with Crippen LogP contribution in [-0.4, -0.2) is 43.1 Å². The molecule has 34 heavy (non-hydrogen) atoms. The zero-order chi connectivity index (χ0) is 24.5. The van der Waals surface area contributed by atoms with Crippen LogP contribution in [-0.2, 0) is 12.6 Å². The number of hydrogen-bond acceptors (Lipinski definition) is 6. The highest BCUT2D eigenvalue weighted by Gasteiger charge is 2.37. The molecule has 1 amide bonds. The fraction of sp³-hybridized carbons (Fsp3) is 0.273. The third kappa shape index (κ3) is 4.44. The van der Waals surface area contributed by atoms with Gasteiger partial charge in [0.1, 0.15) is 0 Å². The molecule has 0 spiro atoms. The molecule has 4 rings (SSSR count). The molecular weight excluding hydrogens is 449 g/mol. The zero-order valence-electron chi connectivity index (χ0n) is 18.4. The first kappa shape index (κ1) is 23.2. The van der Waals surface area contributed by atoms with Crippen molar-refractivity contribution in [3.05, 3.63) is 59.8 Å². The van der Waals surface area contributed by atoms with Gasteiger partial charge in [-0.2, -0.15) is 18.3 Å². The van der Waals surface area contributed by atoms with Gasteiger partial charge in [-0.15, -0.1) is 0 Å². The molecular formula is C22H23F3N8O. The van der Waals surface area contributed by atoms with Crippen LogP contribution in [0.4, 0.5) is 24.7 Å². The fourth-order valence-corrected chi connectivity index (χ4v) is 3.59. The summed E-state index contributed by atoms with van der Waals surface area (Å²) < 4.78 is 41.5. The molecule has 0 aliphatic carbocycles. The number of hydrogen-bond donors (Lipinski definition) is 4. The van der Waals surface area contributed by atoms with Gasteiger partial charge in [0.2, 0.25) is 0 Å². The average molecular weight is 472 g/mol. The number of imidazole rings is 1. The quantitative estimate of drug-likeness (QED) is 0.326. The Balaban J connectivity index is 1.66. The molecule has 0 aliphatic rings. The molecule has 0 fully saturated rings. The number of rotatable bonds is 7. The maximum absolute atomic E-state index is 13.3. The molecule has 0 radical (unpaired) electrons. The smallest absolute Gasteiger partial charge is 0.348 e. The SMILES string of the molecule is CCc1cc(Nc2nccn3c(-c4c[nH]nc4C(F)(F)F)cnc23)ccc1C(=O)N[C@@H](C)CN. The summed E-state index contributed by atoms with van der Waals surface area (Å²) in [5, 5.41) is 11.6. The van der Waals surface area contributed by atoms with Crippen molar-refractivity contribution in [1.82, 2.24) is 29.9 Å². The van der Waals surface area contributed by atoms with E-state index in [9.17, 15) is 18.0 Å². The Kier molecular flexibility index (Phi) is 6.24. The number of aryl methyl sites for hydroxylation is 1. The van der Waals surface area contributed by atoms with Gasteiger partial charge in [0, 0.05) is 42.4 Å². The van der Waals surface area contributed by atoms with Gasteiger partial charge >= 0.3 is 6.18 Å². The Hall–Kier alpha value is -3.93. The normalized spacial score (nSPS) is 12.6. The summed E-state index contributed by atoms with van der Waals surface area (Å²) in [5.41, 5.74) is 7.02. The summed E-state index contributed by atoms with van der Waals surface area (Å²) in [6, 6.07) is 5.11. The molecule has 0 unspecified atom stereocenters. The Morgan fingerprint density at radius 2 is 2.09 bits per heavy atom. The molecule has 0 bridgehead atoms. The number of carbonyl (C=O) groups is 1. The lowest BCUT2D eigenvalue weighted by Crippen LogP contribution is -2.38. The van der Waals surface area contributed by atoms with Crippen molar-refractivity contribution in [2.24, 2.45) is 5.73 Å². The molecule has 0 aliphatic heterocycles.